The Morgan fingerprint density at radius 1 is 1.46 bits per heavy atom. The molecule has 1 aliphatic rings. The Hall–Kier alpha value is -1.02. The van der Waals surface area contributed by atoms with Crippen molar-refractivity contribution in [1.29, 1.82) is 0 Å². The number of rotatable bonds is 1. The molecule has 1 unspecified atom stereocenters. The fourth-order valence-corrected chi connectivity index (χ4v) is 2.48. The van der Waals surface area contributed by atoms with Crippen LogP contribution in [0.5, 0.6) is 0 Å². The zero-order chi connectivity index (χ0) is 9.26. The van der Waals surface area contributed by atoms with Crippen molar-refractivity contribution in [2.75, 3.05) is 0 Å². The average molecular weight is 190 g/mol. The van der Waals surface area contributed by atoms with Crippen molar-refractivity contribution in [3.63, 3.8) is 0 Å². The fraction of sp³-hybridized carbons (Fsp3) is 0.182. The van der Waals surface area contributed by atoms with E-state index in [0.29, 0.717) is 0 Å². The number of thioether (sulfide) groups is 1. The van der Waals surface area contributed by atoms with E-state index in [-0.39, 0.29) is 5.25 Å². The molecule has 0 saturated carbocycles. The summed E-state index contributed by atoms with van der Waals surface area (Å²) in [5.74, 6) is 0. The highest BCUT2D eigenvalue weighted by Crippen LogP contribution is 2.36. The van der Waals surface area contributed by atoms with Gasteiger partial charge in [-0.15, -0.1) is 11.8 Å². The first-order chi connectivity index (χ1) is 6.31. The van der Waals surface area contributed by atoms with Crippen LogP contribution in [0.1, 0.15) is 5.56 Å². The Balaban J connectivity index is 2.38. The van der Waals surface area contributed by atoms with Gasteiger partial charge >= 0.3 is 0 Å². The topological polar surface area (TPSA) is 17.1 Å². The van der Waals surface area contributed by atoms with Crippen LogP contribution in [0.3, 0.4) is 0 Å². The van der Waals surface area contributed by atoms with Crippen LogP contribution >= 0.6 is 11.8 Å². The summed E-state index contributed by atoms with van der Waals surface area (Å²) in [4.78, 5) is 11.9. The van der Waals surface area contributed by atoms with Gasteiger partial charge in [0.25, 0.3) is 0 Å². The monoisotopic (exact) mass is 190 g/mol. The second kappa shape index (κ2) is 3.38. The van der Waals surface area contributed by atoms with Crippen molar-refractivity contribution in [1.82, 2.24) is 0 Å². The molecule has 0 bridgehead atoms. The van der Waals surface area contributed by atoms with E-state index < -0.39 is 0 Å². The van der Waals surface area contributed by atoms with Gasteiger partial charge in [0.15, 0.2) is 0 Å². The van der Waals surface area contributed by atoms with Crippen LogP contribution in [0, 0.1) is 0 Å². The van der Waals surface area contributed by atoms with Gasteiger partial charge < -0.3 is 4.79 Å². The molecule has 1 aromatic carbocycles. The number of carbonyl (C=O) groups is 1. The molecule has 66 valence electrons. The van der Waals surface area contributed by atoms with E-state index in [1.807, 2.05) is 12.1 Å². The third-order valence-electron chi connectivity index (χ3n) is 2.17. The summed E-state index contributed by atoms with van der Waals surface area (Å²) in [5.41, 5.74) is 2.30. The minimum atomic E-state index is -0.0464. The molecule has 0 aliphatic carbocycles. The van der Waals surface area contributed by atoms with Crippen molar-refractivity contribution in [2.45, 2.75) is 16.6 Å². The van der Waals surface area contributed by atoms with Crippen LogP contribution in [0.15, 0.2) is 41.3 Å². The lowest BCUT2D eigenvalue weighted by atomic mass is 10.0. The largest absolute Gasteiger partial charge is 0.302 e. The Bertz CT molecular complexity index is 357. The van der Waals surface area contributed by atoms with E-state index in [2.05, 4.69) is 18.7 Å². The molecule has 0 saturated heterocycles. The van der Waals surface area contributed by atoms with Crippen LogP contribution in [-0.2, 0) is 11.2 Å². The van der Waals surface area contributed by atoms with E-state index in [4.69, 9.17) is 0 Å². The number of fused-ring (bicyclic) bond motifs is 1. The molecule has 0 aromatic heterocycles. The predicted octanol–water partition coefficient (Wildman–Crippen LogP) is 2.46. The number of hydrogen-bond acceptors (Lipinski definition) is 2. The van der Waals surface area contributed by atoms with Crippen molar-refractivity contribution in [2.24, 2.45) is 0 Å². The molecular formula is C11H10OS. The summed E-state index contributed by atoms with van der Waals surface area (Å²) < 4.78 is 0. The molecular weight excluding hydrogens is 180 g/mol. The molecule has 0 radical (unpaired) electrons. The first-order valence-electron chi connectivity index (χ1n) is 4.19. The fourth-order valence-electron chi connectivity index (χ4n) is 1.45. The van der Waals surface area contributed by atoms with E-state index in [1.54, 1.807) is 11.8 Å². The van der Waals surface area contributed by atoms with Crippen molar-refractivity contribution >= 4 is 18.0 Å². The zero-order valence-corrected chi connectivity index (χ0v) is 8.01. The zero-order valence-electron chi connectivity index (χ0n) is 7.19. The summed E-state index contributed by atoms with van der Waals surface area (Å²) in [5, 5.41) is -0.0464. The molecule has 1 atom stereocenters. The molecule has 1 aliphatic heterocycles. The minimum absolute atomic E-state index is 0.0464. The number of carbonyl (C=O) groups excluding carboxylic acids is 1. The Labute approximate surface area is 81.8 Å². The third kappa shape index (κ3) is 1.54. The lowest BCUT2D eigenvalue weighted by Gasteiger charge is -2.21. The van der Waals surface area contributed by atoms with Crippen molar-refractivity contribution in [3.05, 3.63) is 42.0 Å². The van der Waals surface area contributed by atoms with E-state index >= 15 is 0 Å². The number of aldehydes is 1. The predicted molar refractivity (Wildman–Crippen MR) is 55.0 cm³/mol. The van der Waals surface area contributed by atoms with E-state index in [9.17, 15) is 4.79 Å². The standard InChI is InChI=1S/C11H10OS/c1-8-6-9-4-2-3-5-10(9)13-11(8)7-12/h2-5,7,11H,1,6H2. The van der Waals surface area contributed by atoms with Gasteiger partial charge in [-0.2, -0.15) is 0 Å². The summed E-state index contributed by atoms with van der Waals surface area (Å²) in [6, 6.07) is 8.17. The summed E-state index contributed by atoms with van der Waals surface area (Å²) >= 11 is 1.60. The minimum Gasteiger partial charge on any atom is -0.302 e. The maximum Gasteiger partial charge on any atom is 0.137 e. The number of hydrogen-bond donors (Lipinski definition) is 0. The Kier molecular flexibility index (Phi) is 2.23. The Morgan fingerprint density at radius 2 is 2.23 bits per heavy atom. The van der Waals surface area contributed by atoms with Gasteiger partial charge in [-0.25, -0.2) is 0 Å². The van der Waals surface area contributed by atoms with Crippen molar-refractivity contribution in [3.8, 4) is 0 Å². The molecule has 1 nitrogen and oxygen atoms in total. The van der Waals surface area contributed by atoms with Crippen LogP contribution in [0.2, 0.25) is 0 Å². The third-order valence-corrected chi connectivity index (χ3v) is 3.52. The number of benzene rings is 1. The quantitative estimate of drug-likeness (QED) is 0.500. The summed E-state index contributed by atoms with van der Waals surface area (Å²) in [7, 11) is 0. The molecule has 0 N–H and O–H groups in total. The first-order valence-corrected chi connectivity index (χ1v) is 5.07. The lowest BCUT2D eigenvalue weighted by molar-refractivity contribution is -0.106. The molecule has 13 heavy (non-hydrogen) atoms. The van der Waals surface area contributed by atoms with Gasteiger partial charge in [-0.05, 0) is 18.1 Å². The highest BCUT2D eigenvalue weighted by molar-refractivity contribution is 8.00. The maximum absolute atomic E-state index is 10.7. The Morgan fingerprint density at radius 3 is 3.00 bits per heavy atom. The average Bonchev–Trinajstić information content (AvgIpc) is 2.17. The molecule has 0 fully saturated rings. The normalized spacial score (nSPS) is 20.9. The highest BCUT2D eigenvalue weighted by Gasteiger charge is 2.21. The second-order valence-electron chi connectivity index (χ2n) is 3.12. The first kappa shape index (κ1) is 8.57. The molecule has 2 heteroatoms. The summed E-state index contributed by atoms with van der Waals surface area (Å²) in [6.45, 7) is 3.91. The molecule has 1 heterocycles. The van der Waals surface area contributed by atoms with E-state index in [0.717, 1.165) is 18.3 Å². The smallest absolute Gasteiger partial charge is 0.137 e. The molecule has 2 rings (SSSR count). The lowest BCUT2D eigenvalue weighted by Crippen LogP contribution is -2.14. The van der Waals surface area contributed by atoms with Gasteiger partial charge in [0.05, 0.1) is 5.25 Å². The molecule has 0 spiro atoms. The van der Waals surface area contributed by atoms with Gasteiger partial charge in [-0.1, -0.05) is 30.4 Å². The SMILES string of the molecule is C=C1Cc2ccccc2SC1C=O. The van der Waals surface area contributed by atoms with Crippen LogP contribution < -0.4 is 0 Å². The second-order valence-corrected chi connectivity index (χ2v) is 4.30. The molecule has 0 amide bonds. The van der Waals surface area contributed by atoms with Gasteiger partial charge in [-0.3, -0.25) is 0 Å². The highest BCUT2D eigenvalue weighted by atomic mass is 32.2. The summed E-state index contributed by atoms with van der Waals surface area (Å²) in [6.07, 6.45) is 1.82. The van der Waals surface area contributed by atoms with Gasteiger partial charge in [0.1, 0.15) is 6.29 Å². The maximum atomic E-state index is 10.7. The van der Waals surface area contributed by atoms with E-state index in [1.165, 1.54) is 10.5 Å². The van der Waals surface area contributed by atoms with Crippen LogP contribution in [0.4, 0.5) is 0 Å². The van der Waals surface area contributed by atoms with Crippen LogP contribution in [0.25, 0.3) is 0 Å². The van der Waals surface area contributed by atoms with Gasteiger partial charge in [0.2, 0.25) is 0 Å². The van der Waals surface area contributed by atoms with Crippen molar-refractivity contribution < 1.29 is 4.79 Å². The van der Waals surface area contributed by atoms with Gasteiger partial charge in [0, 0.05) is 4.90 Å². The molecule has 1 aromatic rings. The van der Waals surface area contributed by atoms with Crippen LogP contribution in [-0.4, -0.2) is 11.5 Å².